The Morgan fingerprint density at radius 2 is 1.93 bits per heavy atom. The van der Waals surface area contributed by atoms with Crippen molar-refractivity contribution in [2.45, 2.75) is 51.1 Å². The van der Waals surface area contributed by atoms with Gasteiger partial charge in [0.25, 0.3) is 0 Å². The van der Waals surface area contributed by atoms with E-state index in [-0.39, 0.29) is 11.2 Å². The molecule has 0 fully saturated rings. The second-order valence-corrected chi connectivity index (χ2v) is 8.59. The highest BCUT2D eigenvalue weighted by molar-refractivity contribution is 8.00. The van der Waals surface area contributed by atoms with Crippen LogP contribution in [0.25, 0.3) is 11.4 Å². The van der Waals surface area contributed by atoms with Crippen molar-refractivity contribution in [1.29, 1.82) is 0 Å². The Morgan fingerprint density at radius 3 is 2.63 bits per heavy atom. The van der Waals surface area contributed by atoms with Crippen LogP contribution in [0.1, 0.15) is 31.4 Å². The van der Waals surface area contributed by atoms with E-state index in [1.54, 1.807) is 7.11 Å². The predicted molar refractivity (Wildman–Crippen MR) is 122 cm³/mol. The number of carbonyl (C=O) groups excluding carboxylic acids is 1. The SMILES string of the molecule is CCCn1c(S[C@H](C)C(=O)Nc2cc(C)ccc2OC)nnc1-c1cccc(C)c1. The number of ether oxygens (including phenoxy) is 1. The summed E-state index contributed by atoms with van der Waals surface area (Å²) in [4.78, 5) is 12.8. The summed E-state index contributed by atoms with van der Waals surface area (Å²) in [6.45, 7) is 8.83. The number of aromatic nitrogens is 3. The largest absolute Gasteiger partial charge is 0.495 e. The molecule has 1 atom stereocenters. The number of thioether (sulfide) groups is 1. The third-order valence-electron chi connectivity index (χ3n) is 4.70. The summed E-state index contributed by atoms with van der Waals surface area (Å²) in [5.41, 5.74) is 3.93. The lowest BCUT2D eigenvalue weighted by Crippen LogP contribution is -2.23. The molecular formula is C23H28N4O2S. The summed E-state index contributed by atoms with van der Waals surface area (Å²) < 4.78 is 7.46. The summed E-state index contributed by atoms with van der Waals surface area (Å²) in [6.07, 6.45) is 0.950. The monoisotopic (exact) mass is 424 g/mol. The molecule has 7 heteroatoms. The molecule has 1 amide bonds. The molecule has 0 aliphatic carbocycles. The Kier molecular flexibility index (Phi) is 7.15. The van der Waals surface area contributed by atoms with Crippen LogP contribution in [0.2, 0.25) is 0 Å². The molecule has 1 heterocycles. The number of rotatable bonds is 8. The number of hydrogen-bond donors (Lipinski definition) is 1. The average molecular weight is 425 g/mol. The van der Waals surface area contributed by atoms with E-state index in [0.717, 1.165) is 35.1 Å². The molecule has 3 aromatic rings. The maximum absolute atomic E-state index is 12.8. The van der Waals surface area contributed by atoms with Gasteiger partial charge in [-0.2, -0.15) is 0 Å². The molecule has 1 N–H and O–H groups in total. The third-order valence-corrected chi connectivity index (χ3v) is 5.79. The van der Waals surface area contributed by atoms with E-state index in [9.17, 15) is 4.79 Å². The molecule has 0 radical (unpaired) electrons. The normalized spacial score (nSPS) is 11.9. The minimum Gasteiger partial charge on any atom is -0.495 e. The smallest absolute Gasteiger partial charge is 0.237 e. The fourth-order valence-corrected chi connectivity index (χ4v) is 4.04. The van der Waals surface area contributed by atoms with E-state index >= 15 is 0 Å². The van der Waals surface area contributed by atoms with Crippen LogP contribution in [0.5, 0.6) is 5.75 Å². The zero-order valence-corrected chi connectivity index (χ0v) is 18.9. The van der Waals surface area contributed by atoms with Crippen LogP contribution in [0.4, 0.5) is 5.69 Å². The van der Waals surface area contributed by atoms with Crippen molar-refractivity contribution >= 4 is 23.4 Å². The quantitative estimate of drug-likeness (QED) is 0.510. The van der Waals surface area contributed by atoms with E-state index in [1.165, 1.54) is 17.3 Å². The van der Waals surface area contributed by atoms with Crippen molar-refractivity contribution in [2.24, 2.45) is 0 Å². The maximum Gasteiger partial charge on any atom is 0.237 e. The number of aryl methyl sites for hydroxylation is 2. The van der Waals surface area contributed by atoms with Crippen LogP contribution in [0.15, 0.2) is 47.6 Å². The molecule has 2 aromatic carbocycles. The second kappa shape index (κ2) is 9.80. The Hall–Kier alpha value is -2.80. The maximum atomic E-state index is 12.8. The number of methoxy groups -OCH3 is 1. The van der Waals surface area contributed by atoms with Crippen molar-refractivity contribution in [3.05, 3.63) is 53.6 Å². The van der Waals surface area contributed by atoms with Crippen LogP contribution in [-0.4, -0.2) is 33.0 Å². The zero-order chi connectivity index (χ0) is 21.7. The van der Waals surface area contributed by atoms with Crippen molar-refractivity contribution in [1.82, 2.24) is 14.8 Å². The van der Waals surface area contributed by atoms with E-state index in [2.05, 4.69) is 46.1 Å². The van der Waals surface area contributed by atoms with Gasteiger partial charge in [0.1, 0.15) is 5.75 Å². The first kappa shape index (κ1) is 21.9. The fraction of sp³-hybridized carbons (Fsp3) is 0.348. The number of benzene rings is 2. The van der Waals surface area contributed by atoms with Crippen LogP contribution >= 0.6 is 11.8 Å². The third kappa shape index (κ3) is 5.02. The molecule has 0 unspecified atom stereocenters. The highest BCUT2D eigenvalue weighted by atomic mass is 32.2. The number of hydrogen-bond acceptors (Lipinski definition) is 5. The van der Waals surface area contributed by atoms with Gasteiger partial charge in [0, 0.05) is 12.1 Å². The molecule has 6 nitrogen and oxygen atoms in total. The lowest BCUT2D eigenvalue weighted by molar-refractivity contribution is -0.115. The molecule has 0 aliphatic rings. The van der Waals surface area contributed by atoms with Crippen molar-refractivity contribution in [3.8, 4) is 17.1 Å². The van der Waals surface area contributed by atoms with Gasteiger partial charge in [-0.1, -0.05) is 48.5 Å². The molecule has 0 spiro atoms. The van der Waals surface area contributed by atoms with Crippen LogP contribution in [0.3, 0.4) is 0 Å². The van der Waals surface area contributed by atoms with Gasteiger partial charge in [-0.05, 0) is 51.0 Å². The Morgan fingerprint density at radius 1 is 1.17 bits per heavy atom. The molecule has 3 rings (SSSR count). The summed E-state index contributed by atoms with van der Waals surface area (Å²) in [5.74, 6) is 1.37. The lowest BCUT2D eigenvalue weighted by Gasteiger charge is -2.15. The number of amides is 1. The van der Waals surface area contributed by atoms with E-state index in [1.807, 2.05) is 44.2 Å². The van der Waals surface area contributed by atoms with Gasteiger partial charge >= 0.3 is 0 Å². The second-order valence-electron chi connectivity index (χ2n) is 7.28. The van der Waals surface area contributed by atoms with Crippen LogP contribution in [-0.2, 0) is 11.3 Å². The molecule has 1 aromatic heterocycles. The van der Waals surface area contributed by atoms with Gasteiger partial charge < -0.3 is 14.6 Å². The van der Waals surface area contributed by atoms with Gasteiger partial charge in [-0.15, -0.1) is 10.2 Å². The van der Waals surface area contributed by atoms with Gasteiger partial charge in [0.05, 0.1) is 18.0 Å². The number of nitrogens with zero attached hydrogens (tertiary/aromatic N) is 3. The van der Waals surface area contributed by atoms with Crippen LogP contribution < -0.4 is 10.1 Å². The molecular weight excluding hydrogens is 396 g/mol. The molecule has 0 bridgehead atoms. The first-order valence-electron chi connectivity index (χ1n) is 10.0. The lowest BCUT2D eigenvalue weighted by atomic mass is 10.1. The van der Waals surface area contributed by atoms with E-state index in [0.29, 0.717) is 11.4 Å². The fourth-order valence-electron chi connectivity index (χ4n) is 3.16. The highest BCUT2D eigenvalue weighted by Gasteiger charge is 2.21. The van der Waals surface area contributed by atoms with Gasteiger partial charge in [-0.25, -0.2) is 0 Å². The first-order chi connectivity index (χ1) is 14.4. The zero-order valence-electron chi connectivity index (χ0n) is 18.1. The molecule has 0 aliphatic heterocycles. The number of nitrogens with one attached hydrogen (secondary N) is 1. The molecule has 0 saturated heterocycles. The molecule has 30 heavy (non-hydrogen) atoms. The Labute approximate surface area is 182 Å². The number of anilines is 1. The minimum atomic E-state index is -0.347. The molecule has 158 valence electrons. The van der Waals surface area contributed by atoms with E-state index in [4.69, 9.17) is 4.74 Å². The Bertz CT molecular complexity index is 1030. The summed E-state index contributed by atoms with van der Waals surface area (Å²) in [7, 11) is 1.60. The standard InChI is InChI=1S/C23H28N4O2S/c1-6-12-27-21(18-9-7-8-15(2)13-18)25-26-23(27)30-17(4)22(28)24-19-14-16(3)10-11-20(19)29-5/h7-11,13-14,17H,6,12H2,1-5H3,(H,24,28)/t17-/m1/s1. The van der Waals surface area contributed by atoms with Crippen molar-refractivity contribution in [3.63, 3.8) is 0 Å². The highest BCUT2D eigenvalue weighted by Crippen LogP contribution is 2.30. The van der Waals surface area contributed by atoms with Crippen molar-refractivity contribution in [2.75, 3.05) is 12.4 Å². The minimum absolute atomic E-state index is 0.105. The average Bonchev–Trinajstić information content (AvgIpc) is 3.10. The Balaban J connectivity index is 1.80. The predicted octanol–water partition coefficient (Wildman–Crippen LogP) is 5.10. The van der Waals surface area contributed by atoms with E-state index < -0.39 is 0 Å². The van der Waals surface area contributed by atoms with Crippen LogP contribution in [0, 0.1) is 13.8 Å². The van der Waals surface area contributed by atoms with Gasteiger partial charge in [0.15, 0.2) is 11.0 Å². The van der Waals surface area contributed by atoms with Gasteiger partial charge in [0.2, 0.25) is 5.91 Å². The summed E-state index contributed by atoms with van der Waals surface area (Å²) in [6, 6.07) is 13.9. The summed E-state index contributed by atoms with van der Waals surface area (Å²) >= 11 is 1.41. The van der Waals surface area contributed by atoms with Crippen molar-refractivity contribution < 1.29 is 9.53 Å². The first-order valence-corrected chi connectivity index (χ1v) is 10.9. The summed E-state index contributed by atoms with van der Waals surface area (Å²) in [5, 5.41) is 12.2. The number of carbonyl (C=O) groups is 1. The van der Waals surface area contributed by atoms with Gasteiger partial charge in [-0.3, -0.25) is 4.79 Å². The molecule has 0 saturated carbocycles. The topological polar surface area (TPSA) is 69.0 Å².